The molecule has 0 spiro atoms. The molecule has 2 atom stereocenters. The summed E-state index contributed by atoms with van der Waals surface area (Å²) in [5.74, 6) is 1.18. The minimum absolute atomic E-state index is 0.125. The number of amides is 1. The quantitative estimate of drug-likeness (QED) is 0.907. The number of nitrogens with zero attached hydrogens (tertiary/aromatic N) is 1. The molecule has 2 rings (SSSR count). The van der Waals surface area contributed by atoms with E-state index in [1.165, 1.54) is 0 Å². The van der Waals surface area contributed by atoms with E-state index in [1.54, 1.807) is 12.1 Å². The molecular weight excluding hydrogens is 276 g/mol. The van der Waals surface area contributed by atoms with E-state index < -0.39 is 0 Å². The van der Waals surface area contributed by atoms with Crippen LogP contribution in [0.25, 0.3) is 0 Å². The Hall–Kier alpha value is -1.26. The Kier molecular flexibility index (Phi) is 5.26. The van der Waals surface area contributed by atoms with E-state index in [0.29, 0.717) is 36.3 Å². The Morgan fingerprint density at radius 3 is 2.90 bits per heavy atom. The fourth-order valence-corrected chi connectivity index (χ4v) is 2.80. The van der Waals surface area contributed by atoms with Gasteiger partial charge in [-0.3, -0.25) is 4.79 Å². The molecule has 1 amide bonds. The molecule has 1 fully saturated rings. The van der Waals surface area contributed by atoms with Gasteiger partial charge in [0.05, 0.1) is 18.1 Å². The maximum Gasteiger partial charge on any atom is 0.226 e. The fourth-order valence-electron chi connectivity index (χ4n) is 2.61. The van der Waals surface area contributed by atoms with Crippen molar-refractivity contribution in [3.8, 4) is 5.75 Å². The number of ether oxygens (including phenoxy) is 1. The van der Waals surface area contributed by atoms with Crippen molar-refractivity contribution in [1.29, 1.82) is 0 Å². The van der Waals surface area contributed by atoms with E-state index >= 15 is 0 Å². The first-order chi connectivity index (χ1) is 9.61. The predicted molar refractivity (Wildman–Crippen MR) is 79.9 cm³/mol. The maximum absolute atomic E-state index is 12.2. The second kappa shape index (κ2) is 6.95. The van der Waals surface area contributed by atoms with Crippen LogP contribution in [-0.2, 0) is 4.79 Å². The number of likely N-dealkylation sites (tertiary alicyclic amines) is 1. The van der Waals surface area contributed by atoms with Gasteiger partial charge >= 0.3 is 0 Å². The van der Waals surface area contributed by atoms with Gasteiger partial charge in [-0.2, -0.15) is 0 Å². The van der Waals surface area contributed by atoms with Crippen LogP contribution in [0, 0.1) is 5.92 Å². The summed E-state index contributed by atoms with van der Waals surface area (Å²) in [6.45, 7) is 3.83. The Balaban J connectivity index is 1.80. The molecular formula is C15H21ClN2O2. The second-order valence-corrected chi connectivity index (χ2v) is 5.67. The third-order valence-corrected chi connectivity index (χ3v) is 4.04. The van der Waals surface area contributed by atoms with Crippen LogP contribution in [0.3, 0.4) is 0 Å². The van der Waals surface area contributed by atoms with Gasteiger partial charge in [-0.15, -0.1) is 0 Å². The number of hydrogen-bond donors (Lipinski definition) is 1. The summed E-state index contributed by atoms with van der Waals surface area (Å²) in [5, 5.41) is 0.567. The Bertz CT molecular complexity index is 467. The Labute approximate surface area is 124 Å². The highest BCUT2D eigenvalue weighted by Crippen LogP contribution is 2.24. The average molecular weight is 297 g/mol. The van der Waals surface area contributed by atoms with Gasteiger partial charge in [0.1, 0.15) is 5.75 Å². The summed E-state index contributed by atoms with van der Waals surface area (Å²) in [6, 6.07) is 7.55. The van der Waals surface area contributed by atoms with Gasteiger partial charge in [0.2, 0.25) is 5.91 Å². The van der Waals surface area contributed by atoms with Gasteiger partial charge in [0.15, 0.2) is 0 Å². The molecule has 0 radical (unpaired) electrons. The first kappa shape index (κ1) is 15.1. The van der Waals surface area contributed by atoms with E-state index in [4.69, 9.17) is 22.1 Å². The lowest BCUT2D eigenvalue weighted by Gasteiger charge is -2.21. The summed E-state index contributed by atoms with van der Waals surface area (Å²) in [6.07, 6.45) is 1.36. The number of carbonyl (C=O) groups is 1. The van der Waals surface area contributed by atoms with Crippen molar-refractivity contribution >= 4 is 17.5 Å². The van der Waals surface area contributed by atoms with Crippen LogP contribution < -0.4 is 10.5 Å². The van der Waals surface area contributed by atoms with Crippen molar-refractivity contribution in [2.75, 3.05) is 19.7 Å². The van der Waals surface area contributed by atoms with Gasteiger partial charge in [0.25, 0.3) is 0 Å². The van der Waals surface area contributed by atoms with Crippen LogP contribution in [0.5, 0.6) is 5.75 Å². The SMILES string of the molecule is CC1CC(CN)CN1C(=O)CCOc1ccccc1Cl. The number of halogens is 1. The summed E-state index contributed by atoms with van der Waals surface area (Å²) in [5.41, 5.74) is 5.67. The molecule has 1 aliphatic rings. The zero-order valence-electron chi connectivity index (χ0n) is 11.7. The third-order valence-electron chi connectivity index (χ3n) is 3.73. The van der Waals surface area contributed by atoms with Gasteiger partial charge < -0.3 is 15.4 Å². The van der Waals surface area contributed by atoms with Crippen molar-refractivity contribution in [2.24, 2.45) is 11.7 Å². The van der Waals surface area contributed by atoms with Crippen LogP contribution in [0.15, 0.2) is 24.3 Å². The monoisotopic (exact) mass is 296 g/mol. The normalized spacial score (nSPS) is 22.1. The van der Waals surface area contributed by atoms with Crippen LogP contribution in [0.4, 0.5) is 0 Å². The molecule has 0 saturated carbocycles. The number of para-hydroxylation sites is 1. The molecule has 1 saturated heterocycles. The van der Waals surface area contributed by atoms with E-state index in [1.807, 2.05) is 17.0 Å². The zero-order valence-corrected chi connectivity index (χ0v) is 12.5. The summed E-state index contributed by atoms with van der Waals surface area (Å²) in [4.78, 5) is 14.1. The molecule has 20 heavy (non-hydrogen) atoms. The second-order valence-electron chi connectivity index (χ2n) is 5.26. The molecule has 1 heterocycles. The number of hydrogen-bond acceptors (Lipinski definition) is 3. The van der Waals surface area contributed by atoms with Crippen molar-refractivity contribution in [3.63, 3.8) is 0 Å². The van der Waals surface area contributed by atoms with Crippen LogP contribution in [0.2, 0.25) is 5.02 Å². The number of benzene rings is 1. The molecule has 1 aromatic carbocycles. The molecule has 1 aromatic rings. The summed E-state index contributed by atoms with van der Waals surface area (Å²) >= 11 is 5.99. The van der Waals surface area contributed by atoms with Crippen LogP contribution in [0.1, 0.15) is 19.8 Å². The summed E-state index contributed by atoms with van der Waals surface area (Å²) < 4.78 is 5.55. The predicted octanol–water partition coefficient (Wildman–Crippen LogP) is 2.30. The van der Waals surface area contributed by atoms with Gasteiger partial charge in [-0.1, -0.05) is 23.7 Å². The lowest BCUT2D eigenvalue weighted by Crippen LogP contribution is -2.35. The van der Waals surface area contributed by atoms with E-state index in [9.17, 15) is 4.79 Å². The van der Waals surface area contributed by atoms with Gasteiger partial charge in [0, 0.05) is 12.6 Å². The molecule has 1 aliphatic heterocycles. The standard InChI is InChI=1S/C15H21ClN2O2/c1-11-8-12(9-17)10-18(11)15(19)6-7-20-14-5-3-2-4-13(14)16/h2-5,11-12H,6-10,17H2,1H3. The molecule has 0 bridgehead atoms. The minimum atomic E-state index is 0.125. The molecule has 5 heteroatoms. The largest absolute Gasteiger partial charge is 0.491 e. The highest BCUT2D eigenvalue weighted by molar-refractivity contribution is 6.32. The van der Waals surface area contributed by atoms with Gasteiger partial charge in [-0.25, -0.2) is 0 Å². The Morgan fingerprint density at radius 2 is 2.25 bits per heavy atom. The van der Waals surface area contributed by atoms with Crippen molar-refractivity contribution in [1.82, 2.24) is 4.90 Å². The van der Waals surface area contributed by atoms with Crippen LogP contribution >= 0.6 is 11.6 Å². The third kappa shape index (κ3) is 3.64. The number of carbonyl (C=O) groups excluding carboxylic acids is 1. The first-order valence-corrected chi connectivity index (χ1v) is 7.36. The Morgan fingerprint density at radius 1 is 1.50 bits per heavy atom. The smallest absolute Gasteiger partial charge is 0.226 e. The first-order valence-electron chi connectivity index (χ1n) is 6.98. The lowest BCUT2D eigenvalue weighted by atomic mass is 10.1. The highest BCUT2D eigenvalue weighted by Gasteiger charge is 2.31. The molecule has 2 N–H and O–H groups in total. The van der Waals surface area contributed by atoms with E-state index in [-0.39, 0.29) is 11.9 Å². The topological polar surface area (TPSA) is 55.6 Å². The molecule has 2 unspecified atom stereocenters. The number of rotatable bonds is 5. The minimum Gasteiger partial charge on any atom is -0.491 e. The molecule has 0 aromatic heterocycles. The van der Waals surface area contributed by atoms with Crippen molar-refractivity contribution in [2.45, 2.75) is 25.8 Å². The van der Waals surface area contributed by atoms with E-state index in [0.717, 1.165) is 13.0 Å². The lowest BCUT2D eigenvalue weighted by molar-refractivity contribution is -0.132. The summed E-state index contributed by atoms with van der Waals surface area (Å²) in [7, 11) is 0. The maximum atomic E-state index is 12.2. The molecule has 4 nitrogen and oxygen atoms in total. The van der Waals surface area contributed by atoms with Crippen molar-refractivity contribution in [3.05, 3.63) is 29.3 Å². The highest BCUT2D eigenvalue weighted by atomic mass is 35.5. The van der Waals surface area contributed by atoms with E-state index in [2.05, 4.69) is 6.92 Å². The van der Waals surface area contributed by atoms with Crippen LogP contribution in [-0.4, -0.2) is 36.5 Å². The zero-order chi connectivity index (χ0) is 14.5. The molecule has 0 aliphatic carbocycles. The van der Waals surface area contributed by atoms with Crippen molar-refractivity contribution < 1.29 is 9.53 Å². The number of nitrogens with two attached hydrogens (primary N) is 1. The average Bonchev–Trinajstić information content (AvgIpc) is 2.82. The molecule has 110 valence electrons. The fraction of sp³-hybridized carbons (Fsp3) is 0.533. The van der Waals surface area contributed by atoms with Gasteiger partial charge in [-0.05, 0) is 37.9 Å².